The van der Waals surface area contributed by atoms with Crippen LogP contribution in [0.25, 0.3) is 11.0 Å². The van der Waals surface area contributed by atoms with Gasteiger partial charge in [0.05, 0.1) is 13.0 Å². The molecule has 0 saturated heterocycles. The van der Waals surface area contributed by atoms with Gasteiger partial charge in [-0.2, -0.15) is 0 Å². The molecule has 2 aromatic carbocycles. The number of para-hydroxylation sites is 1. The lowest BCUT2D eigenvalue weighted by Crippen LogP contribution is -2.34. The van der Waals surface area contributed by atoms with E-state index in [-0.39, 0.29) is 24.8 Å². The number of anilines is 1. The topological polar surface area (TPSA) is 84.2 Å². The van der Waals surface area contributed by atoms with Gasteiger partial charge in [-0.3, -0.25) is 9.59 Å². The van der Waals surface area contributed by atoms with Crippen LogP contribution in [0.15, 0.2) is 40.9 Å². The highest BCUT2D eigenvalue weighted by Gasteiger charge is 2.14. The number of aromatic nitrogens is 1. The van der Waals surface area contributed by atoms with Gasteiger partial charge in [0.1, 0.15) is 5.69 Å². The molecule has 0 radical (unpaired) electrons. The molecule has 26 heavy (non-hydrogen) atoms. The zero-order valence-corrected chi connectivity index (χ0v) is 15.1. The molecule has 2 N–H and O–H groups in total. The summed E-state index contributed by atoms with van der Waals surface area (Å²) in [5.74, 6) is -0.546. The second-order valence-corrected chi connectivity index (χ2v) is 6.40. The molecule has 134 valence electrons. The number of amides is 2. The van der Waals surface area contributed by atoms with Crippen molar-refractivity contribution in [1.29, 1.82) is 0 Å². The van der Waals surface area contributed by atoms with Crippen molar-refractivity contribution in [2.75, 3.05) is 11.9 Å². The molecule has 6 heteroatoms. The van der Waals surface area contributed by atoms with Crippen LogP contribution in [0.2, 0.25) is 0 Å². The Balaban J connectivity index is 1.57. The molecule has 3 aromatic rings. The zero-order valence-electron chi connectivity index (χ0n) is 15.1. The first kappa shape index (κ1) is 17.7. The Morgan fingerprint density at radius 3 is 2.46 bits per heavy atom. The van der Waals surface area contributed by atoms with E-state index in [0.29, 0.717) is 11.3 Å². The minimum atomic E-state index is -0.281. The van der Waals surface area contributed by atoms with Crippen molar-refractivity contribution in [3.05, 3.63) is 58.8 Å². The molecule has 1 aromatic heterocycles. The van der Waals surface area contributed by atoms with E-state index < -0.39 is 0 Å². The van der Waals surface area contributed by atoms with Crippen LogP contribution in [-0.4, -0.2) is 23.5 Å². The first-order valence-corrected chi connectivity index (χ1v) is 8.41. The van der Waals surface area contributed by atoms with Crippen LogP contribution in [0.3, 0.4) is 0 Å². The number of hydrogen-bond acceptors (Lipinski definition) is 4. The van der Waals surface area contributed by atoms with Crippen LogP contribution in [-0.2, 0) is 16.0 Å². The number of carbonyl (C=O) groups is 2. The molecule has 0 spiro atoms. The summed E-state index contributed by atoms with van der Waals surface area (Å²) in [6.07, 6.45) is 0.0624. The minimum absolute atomic E-state index is 0.0624. The number of carbonyl (C=O) groups excluding carboxylic acids is 2. The van der Waals surface area contributed by atoms with Crippen LogP contribution in [0, 0.1) is 20.8 Å². The molecule has 3 rings (SSSR count). The first-order valence-electron chi connectivity index (χ1n) is 8.41. The normalized spacial score (nSPS) is 10.7. The predicted molar refractivity (Wildman–Crippen MR) is 100 cm³/mol. The number of aryl methyl sites for hydroxylation is 3. The highest BCUT2D eigenvalue weighted by molar-refractivity contribution is 5.96. The van der Waals surface area contributed by atoms with Gasteiger partial charge in [0, 0.05) is 11.1 Å². The largest absolute Gasteiger partial charge is 0.356 e. The van der Waals surface area contributed by atoms with Crippen molar-refractivity contribution in [3.63, 3.8) is 0 Å². The number of fused-ring (bicyclic) bond motifs is 1. The fourth-order valence-corrected chi connectivity index (χ4v) is 3.02. The van der Waals surface area contributed by atoms with Gasteiger partial charge in [0.2, 0.25) is 11.8 Å². The third kappa shape index (κ3) is 3.91. The quantitative estimate of drug-likeness (QED) is 0.740. The molecular weight excluding hydrogens is 330 g/mol. The van der Waals surface area contributed by atoms with E-state index in [1.54, 1.807) is 6.07 Å². The van der Waals surface area contributed by atoms with E-state index in [1.807, 2.05) is 51.1 Å². The van der Waals surface area contributed by atoms with Gasteiger partial charge in [-0.1, -0.05) is 35.0 Å². The molecule has 0 unspecified atom stereocenters. The van der Waals surface area contributed by atoms with Crippen LogP contribution >= 0.6 is 0 Å². The second kappa shape index (κ2) is 7.39. The lowest BCUT2D eigenvalue weighted by molar-refractivity contribution is -0.123. The monoisotopic (exact) mass is 351 g/mol. The first-order chi connectivity index (χ1) is 12.4. The maximum Gasteiger partial charge on any atom is 0.243 e. The van der Waals surface area contributed by atoms with Gasteiger partial charge < -0.3 is 15.2 Å². The van der Waals surface area contributed by atoms with Crippen molar-refractivity contribution in [2.24, 2.45) is 0 Å². The smallest absolute Gasteiger partial charge is 0.243 e. The third-order valence-corrected chi connectivity index (χ3v) is 4.17. The fraction of sp³-hybridized carbons (Fsp3) is 0.250. The Bertz CT molecular complexity index is 952. The molecule has 0 aliphatic heterocycles. The van der Waals surface area contributed by atoms with Gasteiger partial charge >= 0.3 is 0 Å². The molecular formula is C20H21N3O3. The fourth-order valence-electron chi connectivity index (χ4n) is 3.02. The van der Waals surface area contributed by atoms with Gasteiger partial charge in [0.15, 0.2) is 5.58 Å². The minimum Gasteiger partial charge on any atom is -0.356 e. The maximum absolute atomic E-state index is 12.2. The summed E-state index contributed by atoms with van der Waals surface area (Å²) in [6, 6.07) is 11.4. The van der Waals surface area contributed by atoms with Crippen LogP contribution in [0.1, 0.15) is 22.4 Å². The van der Waals surface area contributed by atoms with Gasteiger partial charge in [-0.25, -0.2) is 0 Å². The Morgan fingerprint density at radius 2 is 1.73 bits per heavy atom. The average Bonchev–Trinajstić information content (AvgIpc) is 2.99. The molecule has 0 aliphatic rings. The Labute approximate surface area is 151 Å². The molecule has 1 heterocycles. The highest BCUT2D eigenvalue weighted by Crippen LogP contribution is 2.21. The van der Waals surface area contributed by atoms with E-state index in [2.05, 4.69) is 15.8 Å². The van der Waals surface area contributed by atoms with E-state index in [0.717, 1.165) is 27.8 Å². The van der Waals surface area contributed by atoms with E-state index in [9.17, 15) is 9.59 Å². The zero-order chi connectivity index (χ0) is 18.7. The molecule has 0 bridgehead atoms. The summed E-state index contributed by atoms with van der Waals surface area (Å²) in [6.45, 7) is 5.81. The highest BCUT2D eigenvalue weighted by atomic mass is 16.5. The van der Waals surface area contributed by atoms with Crippen LogP contribution in [0.5, 0.6) is 0 Å². The lowest BCUT2D eigenvalue weighted by atomic mass is 10.1. The Kier molecular flexibility index (Phi) is 5.02. The van der Waals surface area contributed by atoms with Gasteiger partial charge in [-0.15, -0.1) is 0 Å². The summed E-state index contributed by atoms with van der Waals surface area (Å²) < 4.78 is 5.18. The summed E-state index contributed by atoms with van der Waals surface area (Å²) in [4.78, 5) is 24.3. The molecule has 0 aliphatic carbocycles. The Hall–Kier alpha value is -3.15. The summed E-state index contributed by atoms with van der Waals surface area (Å²) in [5, 5.41) is 10.2. The van der Waals surface area contributed by atoms with Crippen LogP contribution in [0.4, 0.5) is 5.69 Å². The van der Waals surface area contributed by atoms with Crippen molar-refractivity contribution < 1.29 is 14.1 Å². The van der Waals surface area contributed by atoms with Crippen molar-refractivity contribution in [2.45, 2.75) is 27.2 Å². The molecule has 6 nitrogen and oxygen atoms in total. The number of benzene rings is 2. The van der Waals surface area contributed by atoms with Crippen LogP contribution < -0.4 is 10.6 Å². The number of rotatable bonds is 5. The summed E-state index contributed by atoms with van der Waals surface area (Å²) in [7, 11) is 0. The maximum atomic E-state index is 12.2. The average molecular weight is 351 g/mol. The lowest BCUT2D eigenvalue weighted by Gasteiger charge is -2.13. The number of hydrogen-bond donors (Lipinski definition) is 2. The van der Waals surface area contributed by atoms with Gasteiger partial charge in [0.25, 0.3) is 0 Å². The van der Waals surface area contributed by atoms with Crippen molar-refractivity contribution in [3.8, 4) is 0 Å². The third-order valence-electron chi connectivity index (χ3n) is 4.17. The summed E-state index contributed by atoms with van der Waals surface area (Å²) in [5.41, 5.74) is 5.12. The molecule has 0 atom stereocenters. The predicted octanol–water partition coefficient (Wildman–Crippen LogP) is 3.05. The number of nitrogens with one attached hydrogen (secondary N) is 2. The van der Waals surface area contributed by atoms with E-state index in [1.165, 1.54) is 0 Å². The standard InChI is InChI=1S/C20H21N3O3/c1-12-8-13(2)20(14(3)9-12)22-19(25)11-21-18(24)10-16-15-6-4-5-7-17(15)26-23-16/h4-9H,10-11H2,1-3H3,(H,21,24)(H,22,25). The van der Waals surface area contributed by atoms with E-state index in [4.69, 9.17) is 4.52 Å². The van der Waals surface area contributed by atoms with E-state index >= 15 is 0 Å². The molecule has 0 saturated carbocycles. The SMILES string of the molecule is Cc1cc(C)c(NC(=O)CNC(=O)Cc2noc3ccccc23)c(C)c1. The second-order valence-electron chi connectivity index (χ2n) is 6.40. The van der Waals surface area contributed by atoms with Crippen molar-refractivity contribution in [1.82, 2.24) is 10.5 Å². The molecule has 0 fully saturated rings. The van der Waals surface area contributed by atoms with Gasteiger partial charge in [-0.05, 0) is 44.0 Å². The number of nitrogens with zero attached hydrogens (tertiary/aromatic N) is 1. The Morgan fingerprint density at radius 1 is 1.04 bits per heavy atom. The van der Waals surface area contributed by atoms with Crippen molar-refractivity contribution >= 4 is 28.5 Å². The summed E-state index contributed by atoms with van der Waals surface area (Å²) >= 11 is 0. The molecule has 2 amide bonds.